The van der Waals surface area contributed by atoms with E-state index in [1.54, 1.807) is 18.6 Å². The molecule has 0 saturated heterocycles. The van der Waals surface area contributed by atoms with Crippen molar-refractivity contribution in [2.75, 3.05) is 0 Å². The molecule has 3 rings (SSSR count). The molecule has 0 atom stereocenters. The molecule has 0 spiro atoms. The van der Waals surface area contributed by atoms with E-state index in [4.69, 9.17) is 0 Å². The minimum absolute atomic E-state index is 0.733. The Bertz CT molecular complexity index is 581. The van der Waals surface area contributed by atoms with Gasteiger partial charge in [-0.05, 0) is 18.2 Å². The molecule has 0 amide bonds. The highest BCUT2D eigenvalue weighted by Crippen LogP contribution is 2.19. The largest absolute Gasteiger partial charge is 0.264 e. The topological polar surface area (TPSA) is 38.7 Å². The zero-order chi connectivity index (χ0) is 12.2. The van der Waals surface area contributed by atoms with Crippen LogP contribution in [0, 0.1) is 0 Å². The maximum Gasteiger partial charge on any atom is 0.159 e. The Hall–Kier alpha value is -2.55. The number of pyridine rings is 1. The average molecular weight is 233 g/mol. The predicted molar refractivity (Wildman–Crippen MR) is 70.7 cm³/mol. The molecule has 0 bridgehead atoms. The van der Waals surface area contributed by atoms with Gasteiger partial charge in [0.2, 0.25) is 0 Å². The fourth-order valence-corrected chi connectivity index (χ4v) is 1.76. The van der Waals surface area contributed by atoms with Crippen LogP contribution in [-0.4, -0.2) is 15.0 Å². The lowest BCUT2D eigenvalue weighted by Crippen LogP contribution is -1.91. The molecule has 0 radical (unpaired) electrons. The molecule has 18 heavy (non-hydrogen) atoms. The van der Waals surface area contributed by atoms with Crippen LogP contribution < -0.4 is 0 Å². The van der Waals surface area contributed by atoms with Crippen LogP contribution in [0.15, 0.2) is 67.1 Å². The molecule has 0 fully saturated rings. The Morgan fingerprint density at radius 3 is 2.33 bits per heavy atom. The first kappa shape index (κ1) is 10.6. The molecule has 2 heterocycles. The number of hydrogen-bond acceptors (Lipinski definition) is 3. The third-order valence-electron chi connectivity index (χ3n) is 2.64. The molecule has 86 valence electrons. The monoisotopic (exact) mass is 233 g/mol. The molecule has 3 aromatic rings. The highest BCUT2D eigenvalue weighted by Gasteiger charge is 2.03. The molecule has 2 aromatic heterocycles. The van der Waals surface area contributed by atoms with Crippen LogP contribution in [0.3, 0.4) is 0 Å². The fraction of sp³-hybridized carbons (Fsp3) is 0. The van der Waals surface area contributed by atoms with Crippen molar-refractivity contribution in [2.45, 2.75) is 0 Å². The molecule has 1 aromatic carbocycles. The van der Waals surface area contributed by atoms with Crippen molar-refractivity contribution >= 4 is 0 Å². The Balaban J connectivity index is 2.05. The van der Waals surface area contributed by atoms with Crippen LogP contribution in [0.25, 0.3) is 22.6 Å². The zero-order valence-electron chi connectivity index (χ0n) is 9.69. The second kappa shape index (κ2) is 4.75. The lowest BCUT2D eigenvalue weighted by molar-refractivity contribution is 1.17. The number of nitrogens with zero attached hydrogens (tertiary/aromatic N) is 3. The van der Waals surface area contributed by atoms with Gasteiger partial charge in [-0.1, -0.05) is 30.3 Å². The molecular weight excluding hydrogens is 222 g/mol. The van der Waals surface area contributed by atoms with Gasteiger partial charge in [0.25, 0.3) is 0 Å². The summed E-state index contributed by atoms with van der Waals surface area (Å²) in [6.45, 7) is 0. The Kier molecular flexibility index (Phi) is 2.80. The lowest BCUT2D eigenvalue weighted by Gasteiger charge is -2.03. The van der Waals surface area contributed by atoms with Crippen LogP contribution in [0.2, 0.25) is 0 Å². The third kappa shape index (κ3) is 2.11. The summed E-state index contributed by atoms with van der Waals surface area (Å²) in [5.74, 6) is 0.733. The van der Waals surface area contributed by atoms with Gasteiger partial charge in [0.1, 0.15) is 0 Å². The number of rotatable bonds is 2. The molecule has 0 aliphatic rings. The van der Waals surface area contributed by atoms with Gasteiger partial charge in [-0.3, -0.25) is 4.98 Å². The maximum atomic E-state index is 4.56. The second-order valence-corrected chi connectivity index (χ2v) is 3.87. The van der Waals surface area contributed by atoms with Crippen LogP contribution in [-0.2, 0) is 0 Å². The van der Waals surface area contributed by atoms with Crippen molar-refractivity contribution in [3.63, 3.8) is 0 Å². The van der Waals surface area contributed by atoms with Crippen LogP contribution in [0.1, 0.15) is 0 Å². The third-order valence-corrected chi connectivity index (χ3v) is 2.64. The quantitative estimate of drug-likeness (QED) is 0.682. The first-order valence-corrected chi connectivity index (χ1v) is 5.72. The van der Waals surface area contributed by atoms with Crippen LogP contribution in [0.5, 0.6) is 0 Å². The summed E-state index contributed by atoms with van der Waals surface area (Å²) in [7, 11) is 0. The first-order valence-electron chi connectivity index (χ1n) is 5.72. The molecule has 3 nitrogen and oxygen atoms in total. The first-order chi connectivity index (χ1) is 8.93. The van der Waals surface area contributed by atoms with Gasteiger partial charge in [0, 0.05) is 29.7 Å². The second-order valence-electron chi connectivity index (χ2n) is 3.87. The van der Waals surface area contributed by atoms with E-state index in [0.717, 1.165) is 22.6 Å². The minimum Gasteiger partial charge on any atom is -0.264 e. The van der Waals surface area contributed by atoms with Gasteiger partial charge in [-0.2, -0.15) is 0 Å². The van der Waals surface area contributed by atoms with Crippen LogP contribution >= 0.6 is 0 Å². The van der Waals surface area contributed by atoms with E-state index in [0.29, 0.717) is 0 Å². The summed E-state index contributed by atoms with van der Waals surface area (Å²) in [5, 5.41) is 0. The van der Waals surface area contributed by atoms with Crippen molar-refractivity contribution in [3.05, 3.63) is 67.1 Å². The Labute approximate surface area is 105 Å². The van der Waals surface area contributed by atoms with E-state index in [1.165, 1.54) is 0 Å². The molecule has 3 heteroatoms. The SMILES string of the molecule is c1ccc(-c2nccc(-c3cccnc3)n2)cc1. The summed E-state index contributed by atoms with van der Waals surface area (Å²) in [5.41, 5.74) is 2.90. The summed E-state index contributed by atoms with van der Waals surface area (Å²) in [6, 6.07) is 15.7. The van der Waals surface area contributed by atoms with Crippen molar-refractivity contribution in [2.24, 2.45) is 0 Å². The van der Waals surface area contributed by atoms with Gasteiger partial charge < -0.3 is 0 Å². The van der Waals surface area contributed by atoms with E-state index in [2.05, 4.69) is 15.0 Å². The Morgan fingerprint density at radius 2 is 1.56 bits per heavy atom. The molecule has 0 N–H and O–H groups in total. The van der Waals surface area contributed by atoms with E-state index >= 15 is 0 Å². The average Bonchev–Trinajstić information content (AvgIpc) is 2.49. The molecular formula is C15H11N3. The lowest BCUT2D eigenvalue weighted by atomic mass is 10.2. The van der Waals surface area contributed by atoms with Crippen molar-refractivity contribution in [1.82, 2.24) is 15.0 Å². The van der Waals surface area contributed by atoms with Gasteiger partial charge in [0.05, 0.1) is 5.69 Å². The van der Waals surface area contributed by atoms with E-state index < -0.39 is 0 Å². The summed E-state index contributed by atoms with van der Waals surface area (Å²) in [6.07, 6.45) is 5.33. The van der Waals surface area contributed by atoms with Gasteiger partial charge in [0.15, 0.2) is 5.82 Å². The number of hydrogen-bond donors (Lipinski definition) is 0. The van der Waals surface area contributed by atoms with Gasteiger partial charge in [-0.25, -0.2) is 9.97 Å². The summed E-state index contributed by atoms with van der Waals surface area (Å²) < 4.78 is 0. The van der Waals surface area contributed by atoms with E-state index in [9.17, 15) is 0 Å². The predicted octanol–water partition coefficient (Wildman–Crippen LogP) is 3.21. The van der Waals surface area contributed by atoms with E-state index in [-0.39, 0.29) is 0 Å². The zero-order valence-corrected chi connectivity index (χ0v) is 9.69. The van der Waals surface area contributed by atoms with Gasteiger partial charge >= 0.3 is 0 Å². The normalized spacial score (nSPS) is 10.2. The highest BCUT2D eigenvalue weighted by molar-refractivity contribution is 5.62. The fourth-order valence-electron chi connectivity index (χ4n) is 1.76. The highest BCUT2D eigenvalue weighted by atomic mass is 14.9. The van der Waals surface area contributed by atoms with Crippen molar-refractivity contribution < 1.29 is 0 Å². The smallest absolute Gasteiger partial charge is 0.159 e. The Morgan fingerprint density at radius 1 is 0.722 bits per heavy atom. The maximum absolute atomic E-state index is 4.56. The van der Waals surface area contributed by atoms with Gasteiger partial charge in [-0.15, -0.1) is 0 Å². The minimum atomic E-state index is 0.733. The standard InChI is InChI=1S/C15H11N3/c1-2-5-12(6-3-1)15-17-10-8-14(18-15)13-7-4-9-16-11-13/h1-11H. The molecule has 0 aliphatic heterocycles. The number of benzene rings is 1. The summed E-state index contributed by atoms with van der Waals surface area (Å²) >= 11 is 0. The van der Waals surface area contributed by atoms with Crippen LogP contribution in [0.4, 0.5) is 0 Å². The van der Waals surface area contributed by atoms with Crippen molar-refractivity contribution in [3.8, 4) is 22.6 Å². The van der Waals surface area contributed by atoms with E-state index in [1.807, 2.05) is 48.5 Å². The molecule has 0 aliphatic carbocycles. The van der Waals surface area contributed by atoms with Crippen molar-refractivity contribution in [1.29, 1.82) is 0 Å². The molecule has 0 saturated carbocycles. The number of aromatic nitrogens is 3. The summed E-state index contributed by atoms with van der Waals surface area (Å²) in [4.78, 5) is 13.0. The molecule has 0 unspecified atom stereocenters.